The Hall–Kier alpha value is -2.42. The molecule has 3 nitrogen and oxygen atoms in total. The average Bonchev–Trinajstić information content (AvgIpc) is 3.51. The summed E-state index contributed by atoms with van der Waals surface area (Å²) < 4.78 is 0. The highest BCUT2D eigenvalue weighted by atomic mass is 16.6. The number of rotatable bonds is 13. The van der Waals surface area contributed by atoms with E-state index in [2.05, 4.69) is 55.4 Å². The van der Waals surface area contributed by atoms with E-state index in [-0.39, 0.29) is 11.2 Å². The average molecular weight is 474 g/mol. The van der Waals surface area contributed by atoms with Crippen LogP contribution in [0.2, 0.25) is 0 Å². The zero-order valence-electron chi connectivity index (χ0n) is 22.1. The molecule has 0 amide bonds. The lowest BCUT2D eigenvalue weighted by Crippen LogP contribution is -2.26. The molecule has 0 aromatic heterocycles. The third-order valence-electron chi connectivity index (χ3n) is 8.27. The van der Waals surface area contributed by atoms with Crippen molar-refractivity contribution in [2.75, 3.05) is 6.61 Å². The Morgan fingerprint density at radius 1 is 0.943 bits per heavy atom. The van der Waals surface area contributed by atoms with E-state index in [9.17, 15) is 4.79 Å². The smallest absolute Gasteiger partial charge is 0.210 e. The molecule has 2 aliphatic rings. The minimum atomic E-state index is -0.00465. The molecule has 2 aromatic carbocycles. The third kappa shape index (κ3) is 5.39. The van der Waals surface area contributed by atoms with E-state index >= 15 is 0 Å². The number of carbonyl (C=O) groups excluding carboxylic acids is 1. The second kappa shape index (κ2) is 12.0. The van der Waals surface area contributed by atoms with Gasteiger partial charge in [-0.1, -0.05) is 107 Å². The van der Waals surface area contributed by atoms with Crippen LogP contribution in [0.15, 0.2) is 47.6 Å². The zero-order valence-corrected chi connectivity index (χ0v) is 22.1. The van der Waals surface area contributed by atoms with Crippen LogP contribution in [0.4, 0.5) is 0 Å². The van der Waals surface area contributed by atoms with Crippen LogP contribution in [0, 0.1) is 5.92 Å². The molecule has 1 saturated carbocycles. The second-order valence-corrected chi connectivity index (χ2v) is 10.6. The molecule has 2 aromatic rings. The second-order valence-electron chi connectivity index (χ2n) is 10.6. The molecular formula is C32H43NO2. The fraction of sp³-hybridized carbons (Fsp3) is 0.562. The van der Waals surface area contributed by atoms with E-state index in [1.54, 1.807) is 0 Å². The van der Waals surface area contributed by atoms with E-state index in [0.717, 1.165) is 30.7 Å². The van der Waals surface area contributed by atoms with Crippen molar-refractivity contribution in [1.82, 2.24) is 0 Å². The summed E-state index contributed by atoms with van der Waals surface area (Å²) in [5.41, 5.74) is 6.79. The van der Waals surface area contributed by atoms with Crippen LogP contribution >= 0.6 is 0 Å². The Morgan fingerprint density at radius 2 is 1.63 bits per heavy atom. The monoisotopic (exact) mass is 473 g/mol. The maximum atomic E-state index is 13.8. The van der Waals surface area contributed by atoms with Gasteiger partial charge >= 0.3 is 0 Å². The van der Waals surface area contributed by atoms with Crippen LogP contribution in [-0.4, -0.2) is 18.1 Å². The van der Waals surface area contributed by atoms with E-state index in [4.69, 9.17) is 4.84 Å². The molecule has 0 bridgehead atoms. The van der Waals surface area contributed by atoms with Crippen LogP contribution in [0.25, 0.3) is 11.1 Å². The lowest BCUT2D eigenvalue weighted by atomic mass is 9.70. The highest BCUT2D eigenvalue weighted by Crippen LogP contribution is 2.54. The van der Waals surface area contributed by atoms with Crippen molar-refractivity contribution in [3.63, 3.8) is 0 Å². The van der Waals surface area contributed by atoms with Crippen LogP contribution in [0.1, 0.15) is 119 Å². The lowest BCUT2D eigenvalue weighted by molar-refractivity contribution is 0.104. The first-order chi connectivity index (χ1) is 17.1. The number of unbranched alkanes of at least 4 members (excludes halogenated alkanes) is 2. The molecule has 2 aliphatic carbocycles. The number of benzene rings is 2. The first kappa shape index (κ1) is 25.7. The van der Waals surface area contributed by atoms with Gasteiger partial charge in [0.1, 0.15) is 12.3 Å². The van der Waals surface area contributed by atoms with Crippen molar-refractivity contribution >= 4 is 11.5 Å². The van der Waals surface area contributed by atoms with Gasteiger partial charge in [0.25, 0.3) is 0 Å². The van der Waals surface area contributed by atoms with Crippen LogP contribution < -0.4 is 0 Å². The van der Waals surface area contributed by atoms with E-state index in [1.807, 2.05) is 13.0 Å². The van der Waals surface area contributed by atoms with E-state index in [1.165, 1.54) is 73.6 Å². The predicted molar refractivity (Wildman–Crippen MR) is 146 cm³/mol. The fourth-order valence-corrected chi connectivity index (χ4v) is 6.37. The van der Waals surface area contributed by atoms with Crippen LogP contribution in [0.5, 0.6) is 0 Å². The normalized spacial score (nSPS) is 16.8. The van der Waals surface area contributed by atoms with Crippen molar-refractivity contribution in [2.24, 2.45) is 11.1 Å². The highest BCUT2D eigenvalue weighted by molar-refractivity contribution is 6.45. The minimum absolute atomic E-state index is 0.00465. The van der Waals surface area contributed by atoms with Crippen molar-refractivity contribution in [3.8, 4) is 11.1 Å². The number of nitrogens with zero attached hydrogens (tertiary/aromatic N) is 1. The Balaban J connectivity index is 1.70. The van der Waals surface area contributed by atoms with Crippen LogP contribution in [-0.2, 0) is 10.3 Å². The summed E-state index contributed by atoms with van der Waals surface area (Å²) in [6, 6.07) is 15.3. The summed E-state index contributed by atoms with van der Waals surface area (Å²) in [5, 5.41) is 4.32. The Bertz CT molecular complexity index is 1020. The lowest BCUT2D eigenvalue weighted by Gasteiger charge is -2.33. The molecular weight excluding hydrogens is 430 g/mol. The van der Waals surface area contributed by atoms with Crippen molar-refractivity contribution < 1.29 is 9.63 Å². The van der Waals surface area contributed by atoms with Gasteiger partial charge < -0.3 is 4.84 Å². The van der Waals surface area contributed by atoms with E-state index < -0.39 is 0 Å². The van der Waals surface area contributed by atoms with Gasteiger partial charge in [-0.15, -0.1) is 0 Å². The summed E-state index contributed by atoms with van der Waals surface area (Å²) in [6.07, 6.45) is 13.9. The maximum Gasteiger partial charge on any atom is 0.210 e. The molecule has 188 valence electrons. The third-order valence-corrected chi connectivity index (χ3v) is 8.27. The molecule has 0 atom stereocenters. The van der Waals surface area contributed by atoms with Gasteiger partial charge in [-0.3, -0.25) is 4.79 Å². The molecule has 0 aliphatic heterocycles. The van der Waals surface area contributed by atoms with Gasteiger partial charge in [0.05, 0.1) is 0 Å². The quantitative estimate of drug-likeness (QED) is 0.165. The first-order valence-electron chi connectivity index (χ1n) is 14.1. The van der Waals surface area contributed by atoms with Gasteiger partial charge in [-0.2, -0.15) is 0 Å². The molecule has 4 rings (SSSR count). The van der Waals surface area contributed by atoms with Crippen molar-refractivity contribution in [1.29, 1.82) is 0 Å². The molecule has 0 radical (unpaired) electrons. The van der Waals surface area contributed by atoms with Gasteiger partial charge in [-0.05, 0) is 66.8 Å². The summed E-state index contributed by atoms with van der Waals surface area (Å²) in [4.78, 5) is 19.2. The summed E-state index contributed by atoms with van der Waals surface area (Å²) in [6.45, 7) is 6.95. The SMILES string of the molecule is CCCCC1(CCCC)c2ccccc2-c2ccc(C(=O)/C(CCC3CCCC3)=N/OCC)cc21. The van der Waals surface area contributed by atoms with Gasteiger partial charge in [0.15, 0.2) is 0 Å². The maximum absolute atomic E-state index is 13.8. The fourth-order valence-electron chi connectivity index (χ4n) is 6.37. The zero-order chi connectivity index (χ0) is 24.7. The number of hydrogen-bond acceptors (Lipinski definition) is 3. The largest absolute Gasteiger partial charge is 0.396 e. The molecule has 0 heterocycles. The number of oxime groups is 1. The summed E-state index contributed by atoms with van der Waals surface area (Å²) in [7, 11) is 0. The molecule has 0 unspecified atom stereocenters. The van der Waals surface area contributed by atoms with Crippen molar-refractivity contribution in [2.45, 2.75) is 103 Å². The summed E-state index contributed by atoms with van der Waals surface area (Å²) in [5.74, 6) is 0.759. The Labute approximate surface area is 212 Å². The molecule has 0 spiro atoms. The van der Waals surface area contributed by atoms with E-state index in [0.29, 0.717) is 18.7 Å². The topological polar surface area (TPSA) is 38.7 Å². The molecule has 0 saturated heterocycles. The minimum Gasteiger partial charge on any atom is -0.396 e. The highest BCUT2D eigenvalue weighted by Gasteiger charge is 2.42. The van der Waals surface area contributed by atoms with Crippen molar-refractivity contribution in [3.05, 3.63) is 59.2 Å². The predicted octanol–water partition coefficient (Wildman–Crippen LogP) is 8.88. The Morgan fingerprint density at radius 3 is 2.31 bits per heavy atom. The first-order valence-corrected chi connectivity index (χ1v) is 14.1. The molecule has 1 fully saturated rings. The molecule has 0 N–H and O–H groups in total. The number of hydrogen-bond donors (Lipinski definition) is 0. The standard InChI is InChI=1S/C32H43NO2/c1-4-7-21-32(22-8-5-2)28-16-12-11-15-26(28)27-19-18-25(23-29(27)32)31(34)30(33-35-6-3)20-17-24-13-9-10-14-24/h11-12,15-16,18-19,23-24H,4-10,13-14,17,20-22H2,1-3H3/b33-30+. The number of ketones is 1. The summed E-state index contributed by atoms with van der Waals surface area (Å²) >= 11 is 0. The van der Waals surface area contributed by atoms with Gasteiger partial charge in [0.2, 0.25) is 5.78 Å². The number of carbonyl (C=O) groups is 1. The molecule has 3 heteroatoms. The van der Waals surface area contributed by atoms with Gasteiger partial charge in [0, 0.05) is 11.0 Å². The number of Topliss-reactive ketones (excluding diaryl/α,β-unsaturated/α-hetero) is 1. The number of fused-ring (bicyclic) bond motifs is 3. The Kier molecular flexibility index (Phi) is 8.81. The molecule has 35 heavy (non-hydrogen) atoms. The van der Waals surface area contributed by atoms with Crippen LogP contribution in [0.3, 0.4) is 0 Å². The van der Waals surface area contributed by atoms with Gasteiger partial charge in [-0.25, -0.2) is 0 Å².